The first kappa shape index (κ1) is 14.4. The van der Waals surface area contributed by atoms with Crippen LogP contribution in [-0.4, -0.2) is 64.9 Å². The molecule has 21 heavy (non-hydrogen) atoms. The van der Waals surface area contributed by atoms with Crippen molar-refractivity contribution in [2.24, 2.45) is 5.92 Å². The van der Waals surface area contributed by atoms with Gasteiger partial charge in [0.2, 0.25) is 0 Å². The normalized spacial score (nSPS) is 19.7. The summed E-state index contributed by atoms with van der Waals surface area (Å²) in [7, 11) is 0. The number of rotatable bonds is 6. The van der Waals surface area contributed by atoms with Gasteiger partial charge < -0.3 is 10.2 Å². The second kappa shape index (κ2) is 6.93. The Balaban J connectivity index is 1.28. The summed E-state index contributed by atoms with van der Waals surface area (Å²) in [5.41, 5.74) is 0. The summed E-state index contributed by atoms with van der Waals surface area (Å²) in [4.78, 5) is 16.5. The molecule has 2 heterocycles. The van der Waals surface area contributed by atoms with Crippen molar-refractivity contribution >= 4 is 6.03 Å². The summed E-state index contributed by atoms with van der Waals surface area (Å²) in [6, 6.07) is 2.00. The monoisotopic (exact) mass is 291 g/mol. The van der Waals surface area contributed by atoms with Gasteiger partial charge in [0.05, 0.1) is 0 Å². The highest BCUT2D eigenvalue weighted by atomic mass is 16.2. The molecule has 2 amide bonds. The zero-order valence-corrected chi connectivity index (χ0v) is 12.6. The van der Waals surface area contributed by atoms with Gasteiger partial charge in [-0.1, -0.05) is 0 Å². The Kier molecular flexibility index (Phi) is 4.75. The first-order chi connectivity index (χ1) is 10.3. The molecule has 1 aromatic rings. The number of carbonyl (C=O) groups excluding carboxylic acids is 1. The summed E-state index contributed by atoms with van der Waals surface area (Å²) in [5.74, 6) is 0.938. The van der Waals surface area contributed by atoms with Gasteiger partial charge in [0.25, 0.3) is 0 Å². The number of nitrogens with one attached hydrogen (secondary N) is 1. The van der Waals surface area contributed by atoms with Crippen LogP contribution in [0.5, 0.6) is 0 Å². The molecule has 1 saturated heterocycles. The molecule has 6 nitrogen and oxygen atoms in total. The average molecular weight is 291 g/mol. The zero-order chi connectivity index (χ0) is 14.5. The molecule has 6 heteroatoms. The first-order valence-electron chi connectivity index (χ1n) is 8.04. The van der Waals surface area contributed by atoms with Gasteiger partial charge in [0, 0.05) is 58.2 Å². The fraction of sp³-hybridized carbons (Fsp3) is 0.733. The van der Waals surface area contributed by atoms with Gasteiger partial charge >= 0.3 is 6.03 Å². The van der Waals surface area contributed by atoms with Gasteiger partial charge in [-0.15, -0.1) is 0 Å². The maximum atomic E-state index is 12.1. The smallest absolute Gasteiger partial charge is 0.317 e. The van der Waals surface area contributed by atoms with Gasteiger partial charge in [-0.25, -0.2) is 4.79 Å². The Morgan fingerprint density at radius 2 is 2.05 bits per heavy atom. The van der Waals surface area contributed by atoms with E-state index in [-0.39, 0.29) is 6.03 Å². The molecule has 116 valence electrons. The number of amides is 2. The number of carbonyl (C=O) groups is 1. The molecular weight excluding hydrogens is 266 g/mol. The lowest BCUT2D eigenvalue weighted by Crippen LogP contribution is -2.52. The quantitative estimate of drug-likeness (QED) is 0.796. The summed E-state index contributed by atoms with van der Waals surface area (Å²) in [6.45, 7) is 6.56. The molecule has 2 fully saturated rings. The molecule has 0 unspecified atom stereocenters. The van der Waals surface area contributed by atoms with Crippen LogP contribution in [0, 0.1) is 5.92 Å². The Morgan fingerprint density at radius 1 is 1.24 bits per heavy atom. The minimum absolute atomic E-state index is 0.0848. The second-order valence-electron chi connectivity index (χ2n) is 6.09. The highest BCUT2D eigenvalue weighted by Crippen LogP contribution is 2.29. The van der Waals surface area contributed by atoms with Gasteiger partial charge in [-0.3, -0.25) is 9.58 Å². The molecule has 1 N–H and O–H groups in total. The fourth-order valence-corrected chi connectivity index (χ4v) is 2.78. The van der Waals surface area contributed by atoms with E-state index in [9.17, 15) is 4.79 Å². The summed E-state index contributed by atoms with van der Waals surface area (Å²) in [6.07, 6.45) is 7.43. The van der Waals surface area contributed by atoms with Crippen LogP contribution in [0.4, 0.5) is 4.79 Å². The lowest BCUT2D eigenvalue weighted by atomic mass is 10.3. The fourth-order valence-electron chi connectivity index (χ4n) is 2.78. The molecule has 0 atom stereocenters. The summed E-state index contributed by atoms with van der Waals surface area (Å²) >= 11 is 0. The third kappa shape index (κ3) is 4.46. The molecular formula is C15H25N5O. The molecule has 3 rings (SSSR count). The van der Waals surface area contributed by atoms with Gasteiger partial charge in [0.1, 0.15) is 0 Å². The predicted octanol–water partition coefficient (Wildman–Crippen LogP) is 1.01. The number of aromatic nitrogens is 2. The van der Waals surface area contributed by atoms with Crippen molar-refractivity contribution < 1.29 is 4.79 Å². The molecule has 0 aromatic carbocycles. The first-order valence-corrected chi connectivity index (χ1v) is 8.04. The molecule has 0 spiro atoms. The van der Waals surface area contributed by atoms with E-state index in [1.54, 1.807) is 6.20 Å². The van der Waals surface area contributed by atoms with Gasteiger partial charge in [-0.05, 0) is 31.2 Å². The van der Waals surface area contributed by atoms with Crippen LogP contribution in [0.15, 0.2) is 18.5 Å². The SMILES string of the molecule is O=C(NCCCn1cccn1)N1CCN(CC2CC2)CC1. The topological polar surface area (TPSA) is 53.4 Å². The minimum Gasteiger partial charge on any atom is -0.338 e. The van der Waals surface area contributed by atoms with E-state index in [2.05, 4.69) is 15.3 Å². The van der Waals surface area contributed by atoms with Crippen molar-refractivity contribution in [3.05, 3.63) is 18.5 Å². The summed E-state index contributed by atoms with van der Waals surface area (Å²) in [5, 5.41) is 7.16. The van der Waals surface area contributed by atoms with Crippen molar-refractivity contribution in [3.8, 4) is 0 Å². The van der Waals surface area contributed by atoms with Gasteiger partial charge in [-0.2, -0.15) is 5.10 Å². The van der Waals surface area contributed by atoms with Gasteiger partial charge in [0.15, 0.2) is 0 Å². The van der Waals surface area contributed by atoms with E-state index < -0.39 is 0 Å². The Morgan fingerprint density at radius 3 is 2.71 bits per heavy atom. The lowest BCUT2D eigenvalue weighted by Gasteiger charge is -2.34. The van der Waals surface area contributed by atoms with E-state index in [1.807, 2.05) is 21.8 Å². The van der Waals surface area contributed by atoms with Crippen molar-refractivity contribution in [2.75, 3.05) is 39.3 Å². The Labute approximate surface area is 126 Å². The standard InChI is InChI=1S/C15H25N5O/c21-15(16-5-1-7-20-8-2-6-17-20)19-11-9-18(10-12-19)13-14-3-4-14/h2,6,8,14H,1,3-5,7,9-13H2,(H,16,21). The number of nitrogens with zero attached hydrogens (tertiary/aromatic N) is 4. The van der Waals surface area contributed by atoms with Crippen molar-refractivity contribution in [3.63, 3.8) is 0 Å². The van der Waals surface area contributed by atoms with Crippen LogP contribution >= 0.6 is 0 Å². The van der Waals surface area contributed by atoms with E-state index in [1.165, 1.54) is 19.4 Å². The van der Waals surface area contributed by atoms with Crippen molar-refractivity contribution in [1.82, 2.24) is 24.9 Å². The maximum Gasteiger partial charge on any atom is 0.317 e. The molecule has 1 aliphatic heterocycles. The molecule has 0 bridgehead atoms. The lowest BCUT2D eigenvalue weighted by molar-refractivity contribution is 0.136. The molecule has 1 aromatic heterocycles. The molecule has 0 radical (unpaired) electrons. The van der Waals surface area contributed by atoms with Crippen LogP contribution in [0.3, 0.4) is 0 Å². The number of hydrogen-bond donors (Lipinski definition) is 1. The average Bonchev–Trinajstić information content (AvgIpc) is 3.16. The third-order valence-electron chi connectivity index (χ3n) is 4.27. The van der Waals surface area contributed by atoms with Crippen LogP contribution in [0.1, 0.15) is 19.3 Å². The molecule has 2 aliphatic rings. The predicted molar refractivity (Wildman–Crippen MR) is 81.0 cm³/mol. The van der Waals surface area contributed by atoms with Crippen LogP contribution in [0.2, 0.25) is 0 Å². The highest BCUT2D eigenvalue weighted by molar-refractivity contribution is 5.74. The van der Waals surface area contributed by atoms with Crippen LogP contribution in [-0.2, 0) is 6.54 Å². The van der Waals surface area contributed by atoms with E-state index in [4.69, 9.17) is 0 Å². The number of urea groups is 1. The zero-order valence-electron chi connectivity index (χ0n) is 12.6. The second-order valence-corrected chi connectivity index (χ2v) is 6.09. The van der Waals surface area contributed by atoms with E-state index in [0.29, 0.717) is 6.54 Å². The van der Waals surface area contributed by atoms with E-state index >= 15 is 0 Å². The number of piperazine rings is 1. The van der Waals surface area contributed by atoms with E-state index in [0.717, 1.165) is 45.1 Å². The van der Waals surface area contributed by atoms with Crippen LogP contribution < -0.4 is 5.32 Å². The Bertz CT molecular complexity index is 435. The highest BCUT2D eigenvalue weighted by Gasteiger charge is 2.27. The minimum atomic E-state index is 0.0848. The number of hydrogen-bond acceptors (Lipinski definition) is 3. The number of aryl methyl sites for hydroxylation is 1. The Hall–Kier alpha value is -1.56. The maximum absolute atomic E-state index is 12.1. The third-order valence-corrected chi connectivity index (χ3v) is 4.27. The molecule has 1 saturated carbocycles. The largest absolute Gasteiger partial charge is 0.338 e. The van der Waals surface area contributed by atoms with Crippen molar-refractivity contribution in [2.45, 2.75) is 25.8 Å². The molecule has 1 aliphatic carbocycles. The summed E-state index contributed by atoms with van der Waals surface area (Å²) < 4.78 is 1.89. The van der Waals surface area contributed by atoms with Crippen LogP contribution in [0.25, 0.3) is 0 Å². The van der Waals surface area contributed by atoms with Crippen molar-refractivity contribution in [1.29, 1.82) is 0 Å².